The molecule has 2 rings (SSSR count). The number of hydrogen-bond acceptors (Lipinski definition) is 6. The summed E-state index contributed by atoms with van der Waals surface area (Å²) in [6.07, 6.45) is 1.01. The van der Waals surface area contributed by atoms with Gasteiger partial charge in [-0.25, -0.2) is 9.78 Å². The average Bonchev–Trinajstić information content (AvgIpc) is 2.59. The Kier molecular flexibility index (Phi) is 3.16. The lowest BCUT2D eigenvalue weighted by molar-refractivity contribution is 0.168. The SMILES string of the molecule is CCOC(=O)Nc1nc2nc(Cl)ncc2s1. The molecule has 2 aromatic rings. The highest BCUT2D eigenvalue weighted by atomic mass is 35.5. The summed E-state index contributed by atoms with van der Waals surface area (Å²) in [5.41, 5.74) is 0.455. The van der Waals surface area contributed by atoms with Crippen LogP contribution < -0.4 is 5.32 Å². The number of hydrogen-bond donors (Lipinski definition) is 1. The predicted octanol–water partition coefficient (Wildman–Crippen LogP) is 2.31. The Hall–Kier alpha value is -1.47. The van der Waals surface area contributed by atoms with E-state index in [-0.39, 0.29) is 5.28 Å². The van der Waals surface area contributed by atoms with E-state index in [0.29, 0.717) is 17.4 Å². The van der Waals surface area contributed by atoms with Crippen molar-refractivity contribution in [2.75, 3.05) is 11.9 Å². The third kappa shape index (κ3) is 2.37. The maximum absolute atomic E-state index is 11.1. The Morgan fingerprint density at radius 1 is 1.62 bits per heavy atom. The zero-order valence-corrected chi connectivity index (χ0v) is 9.80. The van der Waals surface area contributed by atoms with Crippen LogP contribution in [0.5, 0.6) is 0 Å². The second-order valence-corrected chi connectivity index (χ2v) is 4.06. The lowest BCUT2D eigenvalue weighted by Gasteiger charge is -1.99. The van der Waals surface area contributed by atoms with E-state index in [0.717, 1.165) is 4.70 Å². The molecule has 84 valence electrons. The van der Waals surface area contributed by atoms with E-state index in [4.69, 9.17) is 16.3 Å². The Labute approximate surface area is 99.6 Å². The van der Waals surface area contributed by atoms with Gasteiger partial charge in [-0.15, -0.1) is 0 Å². The van der Waals surface area contributed by atoms with Crippen LogP contribution in [0.25, 0.3) is 10.3 Å². The van der Waals surface area contributed by atoms with Crippen molar-refractivity contribution in [1.82, 2.24) is 15.0 Å². The first-order chi connectivity index (χ1) is 7.69. The van der Waals surface area contributed by atoms with Gasteiger partial charge in [-0.1, -0.05) is 11.3 Å². The molecule has 6 nitrogen and oxygen atoms in total. The van der Waals surface area contributed by atoms with Crippen LogP contribution in [0.4, 0.5) is 9.93 Å². The second kappa shape index (κ2) is 4.58. The van der Waals surface area contributed by atoms with Crippen LogP contribution in [0.15, 0.2) is 6.20 Å². The molecule has 0 radical (unpaired) electrons. The molecule has 8 heteroatoms. The van der Waals surface area contributed by atoms with Crippen molar-refractivity contribution < 1.29 is 9.53 Å². The normalized spacial score (nSPS) is 10.4. The average molecular weight is 259 g/mol. The predicted molar refractivity (Wildman–Crippen MR) is 60.9 cm³/mol. The number of halogens is 1. The van der Waals surface area contributed by atoms with Crippen molar-refractivity contribution in [2.45, 2.75) is 6.92 Å². The summed E-state index contributed by atoms with van der Waals surface area (Å²) in [7, 11) is 0. The topological polar surface area (TPSA) is 77.0 Å². The molecular formula is C8H7ClN4O2S. The lowest BCUT2D eigenvalue weighted by Crippen LogP contribution is -2.12. The molecule has 0 spiro atoms. The highest BCUT2D eigenvalue weighted by molar-refractivity contribution is 7.22. The van der Waals surface area contributed by atoms with Gasteiger partial charge in [-0.3, -0.25) is 5.32 Å². The molecule has 16 heavy (non-hydrogen) atoms. The van der Waals surface area contributed by atoms with E-state index in [1.54, 1.807) is 13.1 Å². The minimum atomic E-state index is -0.541. The standard InChI is InChI=1S/C8H7ClN4O2S/c1-2-15-8(14)13-7-12-5-4(16-7)3-10-6(9)11-5/h3H,2H2,1H3,(H,10,11,12,13,14). The number of fused-ring (bicyclic) bond motifs is 1. The first kappa shape index (κ1) is 11.0. The van der Waals surface area contributed by atoms with Crippen LogP contribution in [0, 0.1) is 0 Å². The smallest absolute Gasteiger partial charge is 0.413 e. The molecular weight excluding hydrogens is 252 g/mol. The van der Waals surface area contributed by atoms with Gasteiger partial charge in [0.15, 0.2) is 10.8 Å². The van der Waals surface area contributed by atoms with Gasteiger partial charge in [0.1, 0.15) is 0 Å². The summed E-state index contributed by atoms with van der Waals surface area (Å²) in [6.45, 7) is 2.03. The van der Waals surface area contributed by atoms with Gasteiger partial charge in [0.2, 0.25) is 5.28 Å². The number of nitrogens with zero attached hydrogens (tertiary/aromatic N) is 3. The fourth-order valence-electron chi connectivity index (χ4n) is 1.02. The third-order valence-electron chi connectivity index (χ3n) is 1.61. The van der Waals surface area contributed by atoms with E-state index < -0.39 is 6.09 Å². The zero-order valence-electron chi connectivity index (χ0n) is 8.23. The minimum Gasteiger partial charge on any atom is -0.450 e. The number of ether oxygens (including phenoxy) is 1. The number of carbonyl (C=O) groups excluding carboxylic acids is 1. The first-order valence-electron chi connectivity index (χ1n) is 4.42. The maximum Gasteiger partial charge on any atom is 0.413 e. The number of rotatable bonds is 2. The fourth-order valence-corrected chi connectivity index (χ4v) is 1.92. The highest BCUT2D eigenvalue weighted by Crippen LogP contribution is 2.24. The molecule has 0 atom stereocenters. The quantitative estimate of drug-likeness (QED) is 0.837. The van der Waals surface area contributed by atoms with Crippen LogP contribution in [0.2, 0.25) is 5.28 Å². The molecule has 2 aromatic heterocycles. The zero-order chi connectivity index (χ0) is 11.5. The Bertz CT molecular complexity index is 530. The van der Waals surface area contributed by atoms with E-state index in [2.05, 4.69) is 20.3 Å². The highest BCUT2D eigenvalue weighted by Gasteiger charge is 2.09. The van der Waals surface area contributed by atoms with Crippen molar-refractivity contribution in [1.29, 1.82) is 0 Å². The largest absolute Gasteiger partial charge is 0.450 e. The fraction of sp³-hybridized carbons (Fsp3) is 0.250. The Morgan fingerprint density at radius 3 is 3.19 bits per heavy atom. The van der Waals surface area contributed by atoms with Crippen LogP contribution in [0.3, 0.4) is 0 Å². The van der Waals surface area contributed by atoms with Gasteiger partial charge in [-0.2, -0.15) is 9.97 Å². The van der Waals surface area contributed by atoms with Crippen LogP contribution >= 0.6 is 22.9 Å². The molecule has 0 aliphatic heterocycles. The van der Waals surface area contributed by atoms with Gasteiger partial charge in [-0.05, 0) is 18.5 Å². The number of anilines is 1. The van der Waals surface area contributed by atoms with E-state index >= 15 is 0 Å². The monoisotopic (exact) mass is 258 g/mol. The van der Waals surface area contributed by atoms with Gasteiger partial charge in [0.25, 0.3) is 0 Å². The molecule has 0 aliphatic rings. The molecule has 2 heterocycles. The molecule has 0 fully saturated rings. The number of thiazole rings is 1. The summed E-state index contributed by atoms with van der Waals surface area (Å²) >= 11 is 6.87. The lowest BCUT2D eigenvalue weighted by atomic mass is 10.6. The molecule has 0 unspecified atom stereocenters. The van der Waals surface area contributed by atoms with Crippen molar-refractivity contribution in [3.05, 3.63) is 11.5 Å². The van der Waals surface area contributed by atoms with Crippen molar-refractivity contribution in [3.63, 3.8) is 0 Å². The molecule has 0 aromatic carbocycles. The molecule has 0 saturated carbocycles. The van der Waals surface area contributed by atoms with E-state index in [1.807, 2.05) is 0 Å². The summed E-state index contributed by atoms with van der Waals surface area (Å²) in [6, 6.07) is 0. The van der Waals surface area contributed by atoms with Crippen LogP contribution in [-0.4, -0.2) is 27.7 Å². The van der Waals surface area contributed by atoms with Gasteiger partial charge >= 0.3 is 6.09 Å². The van der Waals surface area contributed by atoms with Crippen molar-refractivity contribution in [3.8, 4) is 0 Å². The number of carbonyl (C=O) groups is 1. The molecule has 0 aliphatic carbocycles. The number of amides is 1. The third-order valence-corrected chi connectivity index (χ3v) is 2.68. The summed E-state index contributed by atoms with van der Waals surface area (Å²) in [5.74, 6) is 0. The van der Waals surface area contributed by atoms with Crippen LogP contribution in [0.1, 0.15) is 6.92 Å². The Balaban J connectivity index is 2.23. The summed E-state index contributed by atoms with van der Waals surface area (Å²) in [5, 5.41) is 3.02. The maximum atomic E-state index is 11.1. The Morgan fingerprint density at radius 2 is 2.44 bits per heavy atom. The molecule has 1 amide bonds. The van der Waals surface area contributed by atoms with E-state index in [9.17, 15) is 4.79 Å². The first-order valence-corrected chi connectivity index (χ1v) is 5.61. The van der Waals surface area contributed by atoms with E-state index in [1.165, 1.54) is 11.3 Å². The summed E-state index contributed by atoms with van der Waals surface area (Å²) in [4.78, 5) is 22.9. The van der Waals surface area contributed by atoms with Crippen molar-refractivity contribution in [2.24, 2.45) is 0 Å². The molecule has 0 bridgehead atoms. The van der Waals surface area contributed by atoms with Gasteiger partial charge in [0, 0.05) is 0 Å². The molecule has 0 saturated heterocycles. The van der Waals surface area contributed by atoms with Gasteiger partial charge < -0.3 is 4.74 Å². The molecule has 1 N–H and O–H groups in total. The van der Waals surface area contributed by atoms with Gasteiger partial charge in [0.05, 0.1) is 17.5 Å². The van der Waals surface area contributed by atoms with Crippen LogP contribution in [-0.2, 0) is 4.74 Å². The summed E-state index contributed by atoms with van der Waals surface area (Å²) < 4.78 is 5.47. The second-order valence-electron chi connectivity index (χ2n) is 2.69. The number of nitrogens with one attached hydrogen (secondary N) is 1. The number of aromatic nitrogens is 3. The minimum absolute atomic E-state index is 0.125. The van der Waals surface area contributed by atoms with Crippen molar-refractivity contribution >= 4 is 44.5 Å².